The molecule has 0 unspecified atom stereocenters. The van der Waals surface area contributed by atoms with Crippen molar-refractivity contribution in [2.24, 2.45) is 0 Å². The van der Waals surface area contributed by atoms with E-state index in [1.807, 2.05) is 6.07 Å². The number of para-hydroxylation sites is 1. The Morgan fingerprint density at radius 2 is 1.91 bits per heavy atom. The highest BCUT2D eigenvalue weighted by Gasteiger charge is 2.28. The molecule has 3 rings (SSSR count). The molecule has 1 saturated heterocycles. The van der Waals surface area contributed by atoms with E-state index in [-0.39, 0.29) is 29.8 Å². The molecule has 0 spiro atoms. The number of carbonyl (C=O) groups is 3. The Balaban J connectivity index is 1.75. The van der Waals surface area contributed by atoms with Crippen molar-refractivity contribution in [2.75, 3.05) is 26.2 Å². The molecule has 33 heavy (non-hydrogen) atoms. The summed E-state index contributed by atoms with van der Waals surface area (Å²) in [6, 6.07) is 11.3. The van der Waals surface area contributed by atoms with Gasteiger partial charge >= 0.3 is 13.1 Å². The quantitative estimate of drug-likeness (QED) is 0.240. The monoisotopic (exact) mass is 455 g/mol. The van der Waals surface area contributed by atoms with Gasteiger partial charge in [0, 0.05) is 38.3 Å². The fourth-order valence-electron chi connectivity index (χ4n) is 3.76. The molecular formula is C22H26BN3O7. The number of rotatable bonds is 10. The maximum Gasteiger partial charge on any atom is 0.475 e. The molecule has 11 heteroatoms. The number of hydrogen-bond donors (Lipinski definition) is 5. The van der Waals surface area contributed by atoms with Gasteiger partial charge in [-0.15, -0.1) is 0 Å². The van der Waals surface area contributed by atoms with E-state index in [4.69, 9.17) is 4.74 Å². The number of hydrogen-bond acceptors (Lipinski definition) is 8. The minimum atomic E-state index is -1.93. The second-order valence-corrected chi connectivity index (χ2v) is 7.74. The van der Waals surface area contributed by atoms with Crippen LogP contribution in [0.15, 0.2) is 42.5 Å². The van der Waals surface area contributed by atoms with Gasteiger partial charge in [-0.25, -0.2) is 4.79 Å². The van der Waals surface area contributed by atoms with E-state index in [9.17, 15) is 29.5 Å². The third-order valence-corrected chi connectivity index (χ3v) is 5.41. The van der Waals surface area contributed by atoms with Crippen molar-refractivity contribution in [1.82, 2.24) is 15.5 Å². The van der Waals surface area contributed by atoms with E-state index in [0.717, 1.165) is 31.7 Å². The molecule has 0 aromatic heterocycles. The van der Waals surface area contributed by atoms with Crippen molar-refractivity contribution in [1.29, 1.82) is 0 Å². The van der Waals surface area contributed by atoms with Crippen molar-refractivity contribution in [3.8, 4) is 5.75 Å². The normalized spacial score (nSPS) is 14.8. The molecule has 1 atom stereocenters. The molecule has 2 aromatic carbocycles. The van der Waals surface area contributed by atoms with Gasteiger partial charge in [-0.1, -0.05) is 24.3 Å². The maximum atomic E-state index is 12.8. The summed E-state index contributed by atoms with van der Waals surface area (Å²) in [5, 5.41) is 34.9. The minimum Gasteiger partial charge on any atom is -0.478 e. The molecule has 1 aliphatic rings. The minimum absolute atomic E-state index is 0.0954. The van der Waals surface area contributed by atoms with E-state index < -0.39 is 24.9 Å². The van der Waals surface area contributed by atoms with Crippen LogP contribution in [0.4, 0.5) is 0 Å². The van der Waals surface area contributed by atoms with Crippen molar-refractivity contribution < 1.29 is 34.3 Å². The summed E-state index contributed by atoms with van der Waals surface area (Å²) >= 11 is 0. The SMILES string of the molecule is O=COc1c(C[C@H](NC(=O)c2cccc(CN3CCNCC3)c2)B(O)O)cccc1C(=O)O. The van der Waals surface area contributed by atoms with Gasteiger partial charge in [-0.05, 0) is 35.7 Å². The predicted octanol–water partition coefficient (Wildman–Crippen LogP) is -0.322. The topological polar surface area (TPSA) is 148 Å². The van der Waals surface area contributed by atoms with Crippen molar-refractivity contribution in [2.45, 2.75) is 18.9 Å². The summed E-state index contributed by atoms with van der Waals surface area (Å²) < 4.78 is 4.84. The Hall–Kier alpha value is -3.25. The third-order valence-electron chi connectivity index (χ3n) is 5.41. The number of ether oxygens (including phenoxy) is 1. The first-order chi connectivity index (χ1) is 15.9. The van der Waals surface area contributed by atoms with Crippen LogP contribution in [0.25, 0.3) is 0 Å². The molecular weight excluding hydrogens is 429 g/mol. The first-order valence-corrected chi connectivity index (χ1v) is 10.5. The van der Waals surface area contributed by atoms with Crippen LogP contribution >= 0.6 is 0 Å². The highest BCUT2D eigenvalue weighted by molar-refractivity contribution is 6.43. The molecule has 2 aromatic rings. The number of carboxylic acid groups (broad SMARTS) is 1. The van der Waals surface area contributed by atoms with Crippen LogP contribution in [0.1, 0.15) is 31.8 Å². The molecule has 10 nitrogen and oxygen atoms in total. The lowest BCUT2D eigenvalue weighted by Crippen LogP contribution is -2.48. The lowest BCUT2D eigenvalue weighted by Gasteiger charge is -2.27. The zero-order valence-electron chi connectivity index (χ0n) is 17.9. The van der Waals surface area contributed by atoms with Crippen LogP contribution < -0.4 is 15.4 Å². The van der Waals surface area contributed by atoms with Crippen LogP contribution in [0.3, 0.4) is 0 Å². The van der Waals surface area contributed by atoms with Gasteiger partial charge in [0.05, 0.1) is 5.94 Å². The fraction of sp³-hybridized carbons (Fsp3) is 0.318. The number of nitrogens with one attached hydrogen (secondary N) is 2. The van der Waals surface area contributed by atoms with Gasteiger partial charge in [0.25, 0.3) is 12.4 Å². The largest absolute Gasteiger partial charge is 0.478 e. The summed E-state index contributed by atoms with van der Waals surface area (Å²) in [5.41, 5.74) is 1.30. The molecule has 0 radical (unpaired) electrons. The van der Waals surface area contributed by atoms with Crippen molar-refractivity contribution in [3.63, 3.8) is 0 Å². The number of carboxylic acids is 1. The number of piperazine rings is 1. The number of aromatic carboxylic acids is 1. The van der Waals surface area contributed by atoms with Gasteiger partial charge in [0.2, 0.25) is 0 Å². The third kappa shape index (κ3) is 6.62. The molecule has 0 bridgehead atoms. The Labute approximate surface area is 191 Å². The Morgan fingerprint density at radius 1 is 1.18 bits per heavy atom. The van der Waals surface area contributed by atoms with E-state index in [1.165, 1.54) is 18.2 Å². The molecule has 1 aliphatic heterocycles. The van der Waals surface area contributed by atoms with Gasteiger partial charge < -0.3 is 30.5 Å². The first-order valence-electron chi connectivity index (χ1n) is 10.5. The van der Waals surface area contributed by atoms with Crippen LogP contribution in [-0.4, -0.2) is 77.6 Å². The number of benzene rings is 2. The highest BCUT2D eigenvalue weighted by Crippen LogP contribution is 2.25. The smallest absolute Gasteiger partial charge is 0.475 e. The van der Waals surface area contributed by atoms with Gasteiger partial charge in [-0.3, -0.25) is 14.5 Å². The summed E-state index contributed by atoms with van der Waals surface area (Å²) in [7, 11) is -1.93. The van der Waals surface area contributed by atoms with Gasteiger partial charge in [0.1, 0.15) is 11.3 Å². The molecule has 5 N–H and O–H groups in total. The first kappa shape index (κ1) is 24.4. The second-order valence-electron chi connectivity index (χ2n) is 7.74. The van der Waals surface area contributed by atoms with Crippen LogP contribution in [0, 0.1) is 0 Å². The summed E-state index contributed by atoms with van der Waals surface area (Å²) in [4.78, 5) is 37.4. The number of amides is 1. The molecule has 1 heterocycles. The van der Waals surface area contributed by atoms with Crippen LogP contribution in [0.2, 0.25) is 0 Å². The van der Waals surface area contributed by atoms with E-state index in [0.29, 0.717) is 12.1 Å². The van der Waals surface area contributed by atoms with Crippen molar-refractivity contribution >= 4 is 25.5 Å². The number of carbonyl (C=O) groups excluding carboxylic acids is 2. The second kappa shape index (κ2) is 11.6. The molecule has 0 saturated carbocycles. The Bertz CT molecular complexity index is 996. The van der Waals surface area contributed by atoms with E-state index in [1.54, 1.807) is 18.2 Å². The molecule has 0 aliphatic carbocycles. The lowest BCUT2D eigenvalue weighted by atomic mass is 9.75. The number of nitrogens with zero attached hydrogens (tertiary/aromatic N) is 1. The summed E-state index contributed by atoms with van der Waals surface area (Å²) in [6.45, 7) is 4.44. The molecule has 174 valence electrons. The van der Waals surface area contributed by atoms with E-state index >= 15 is 0 Å². The predicted molar refractivity (Wildman–Crippen MR) is 120 cm³/mol. The van der Waals surface area contributed by atoms with E-state index in [2.05, 4.69) is 15.5 Å². The summed E-state index contributed by atoms with van der Waals surface area (Å²) in [6.07, 6.45) is -0.172. The van der Waals surface area contributed by atoms with Gasteiger partial charge in [0.15, 0.2) is 0 Å². The summed E-state index contributed by atoms with van der Waals surface area (Å²) in [5.74, 6) is -3.20. The average Bonchev–Trinajstić information content (AvgIpc) is 2.80. The standard InChI is InChI=1S/C22H26BN3O7/c27-14-33-20-16(4-2-6-18(20)22(29)30)12-19(23(31)32)25-21(28)17-5-1-3-15(11-17)13-26-9-7-24-8-10-26/h1-6,11,14,19,24,31-32H,7-10,12-13H2,(H,25,28)(H,29,30)/t19-/m0/s1. The van der Waals surface area contributed by atoms with Crippen molar-refractivity contribution in [3.05, 3.63) is 64.7 Å². The maximum absolute atomic E-state index is 12.8. The Kier molecular flexibility index (Phi) is 8.55. The van der Waals surface area contributed by atoms with Gasteiger partial charge in [-0.2, -0.15) is 0 Å². The lowest BCUT2D eigenvalue weighted by molar-refractivity contribution is -0.120. The highest BCUT2D eigenvalue weighted by atomic mass is 16.5. The zero-order valence-corrected chi connectivity index (χ0v) is 17.9. The fourth-order valence-corrected chi connectivity index (χ4v) is 3.76. The Morgan fingerprint density at radius 3 is 2.58 bits per heavy atom. The zero-order chi connectivity index (χ0) is 23.8. The molecule has 1 amide bonds. The molecule has 1 fully saturated rings. The van der Waals surface area contributed by atoms with Crippen LogP contribution in [-0.2, 0) is 17.8 Å². The van der Waals surface area contributed by atoms with Crippen LogP contribution in [0.5, 0.6) is 5.75 Å². The average molecular weight is 455 g/mol.